The van der Waals surface area contributed by atoms with Gasteiger partial charge in [-0.05, 0) is 38.0 Å². The molecule has 4 unspecified atom stereocenters. The average Bonchev–Trinajstić information content (AvgIpc) is 3.05. The minimum absolute atomic E-state index is 0.279. The standard InChI is InChI=1S/C15H29N3/c1-11-7-17(8-12(11)2)15(9-16)6-13(3)18(10-15)14-4-5-14/h11-14H,4-10,16H2,1-3H3. The Bertz CT molecular complexity index is 305. The molecule has 4 atom stereocenters. The van der Waals surface area contributed by atoms with E-state index < -0.39 is 0 Å². The summed E-state index contributed by atoms with van der Waals surface area (Å²) >= 11 is 0. The fraction of sp³-hybridized carbons (Fsp3) is 1.00. The van der Waals surface area contributed by atoms with Gasteiger partial charge in [-0.15, -0.1) is 0 Å². The molecule has 3 rings (SSSR count). The molecule has 0 spiro atoms. The second-order valence-electron chi connectivity index (χ2n) is 7.24. The van der Waals surface area contributed by atoms with E-state index in [1.54, 1.807) is 0 Å². The predicted octanol–water partition coefficient (Wildman–Crippen LogP) is 1.53. The first kappa shape index (κ1) is 12.9. The first-order valence-corrected chi connectivity index (χ1v) is 7.76. The topological polar surface area (TPSA) is 32.5 Å². The van der Waals surface area contributed by atoms with Crippen LogP contribution >= 0.6 is 0 Å². The van der Waals surface area contributed by atoms with Gasteiger partial charge in [0.2, 0.25) is 0 Å². The van der Waals surface area contributed by atoms with E-state index >= 15 is 0 Å². The van der Waals surface area contributed by atoms with Crippen molar-refractivity contribution in [3.8, 4) is 0 Å². The Kier molecular flexibility index (Phi) is 3.20. The monoisotopic (exact) mass is 251 g/mol. The van der Waals surface area contributed by atoms with E-state index in [4.69, 9.17) is 5.73 Å². The first-order chi connectivity index (χ1) is 8.55. The van der Waals surface area contributed by atoms with Gasteiger partial charge in [0.05, 0.1) is 0 Å². The molecule has 0 aromatic heterocycles. The molecule has 1 saturated carbocycles. The molecule has 104 valence electrons. The summed E-state index contributed by atoms with van der Waals surface area (Å²) in [7, 11) is 0. The summed E-state index contributed by atoms with van der Waals surface area (Å²) in [6, 6.07) is 1.61. The molecule has 3 fully saturated rings. The van der Waals surface area contributed by atoms with Crippen LogP contribution in [0.15, 0.2) is 0 Å². The van der Waals surface area contributed by atoms with Crippen molar-refractivity contribution in [2.24, 2.45) is 17.6 Å². The number of nitrogens with zero attached hydrogens (tertiary/aromatic N) is 2. The molecule has 0 bridgehead atoms. The maximum absolute atomic E-state index is 6.22. The molecule has 3 nitrogen and oxygen atoms in total. The van der Waals surface area contributed by atoms with Crippen LogP contribution in [0.25, 0.3) is 0 Å². The molecule has 0 aromatic carbocycles. The molecule has 2 saturated heterocycles. The van der Waals surface area contributed by atoms with Gasteiger partial charge in [0.25, 0.3) is 0 Å². The lowest BCUT2D eigenvalue weighted by Gasteiger charge is -2.38. The molecule has 3 aliphatic rings. The van der Waals surface area contributed by atoms with Crippen molar-refractivity contribution >= 4 is 0 Å². The van der Waals surface area contributed by atoms with Crippen LogP contribution < -0.4 is 5.73 Å². The van der Waals surface area contributed by atoms with Crippen molar-refractivity contribution in [3.63, 3.8) is 0 Å². The fourth-order valence-electron chi connectivity index (χ4n) is 4.15. The van der Waals surface area contributed by atoms with E-state index in [-0.39, 0.29) is 5.54 Å². The van der Waals surface area contributed by atoms with Crippen molar-refractivity contribution in [2.75, 3.05) is 26.2 Å². The maximum atomic E-state index is 6.22. The van der Waals surface area contributed by atoms with Crippen molar-refractivity contribution in [1.29, 1.82) is 0 Å². The minimum Gasteiger partial charge on any atom is -0.329 e. The Labute approximate surface area is 112 Å². The highest BCUT2D eigenvalue weighted by molar-refractivity contribution is 5.08. The molecule has 18 heavy (non-hydrogen) atoms. The zero-order valence-corrected chi connectivity index (χ0v) is 12.2. The number of nitrogens with two attached hydrogens (primary N) is 1. The normalized spacial score (nSPS) is 47.0. The highest BCUT2D eigenvalue weighted by atomic mass is 15.3. The Morgan fingerprint density at radius 3 is 2.22 bits per heavy atom. The third-order valence-electron chi connectivity index (χ3n) is 5.77. The van der Waals surface area contributed by atoms with Gasteiger partial charge in [-0.3, -0.25) is 9.80 Å². The predicted molar refractivity (Wildman–Crippen MR) is 75.5 cm³/mol. The lowest BCUT2D eigenvalue weighted by molar-refractivity contribution is 0.120. The van der Waals surface area contributed by atoms with E-state index in [1.807, 2.05) is 0 Å². The van der Waals surface area contributed by atoms with Gasteiger partial charge in [0.15, 0.2) is 0 Å². The van der Waals surface area contributed by atoms with Crippen LogP contribution in [0.5, 0.6) is 0 Å². The molecule has 3 heteroatoms. The van der Waals surface area contributed by atoms with Crippen LogP contribution in [0.2, 0.25) is 0 Å². The molecule has 2 N–H and O–H groups in total. The summed E-state index contributed by atoms with van der Waals surface area (Å²) in [5.74, 6) is 1.66. The Morgan fingerprint density at radius 2 is 1.72 bits per heavy atom. The summed E-state index contributed by atoms with van der Waals surface area (Å²) in [6.07, 6.45) is 4.11. The highest BCUT2D eigenvalue weighted by Crippen LogP contribution is 2.41. The van der Waals surface area contributed by atoms with E-state index in [2.05, 4.69) is 30.6 Å². The van der Waals surface area contributed by atoms with Gasteiger partial charge in [0, 0.05) is 43.8 Å². The largest absolute Gasteiger partial charge is 0.329 e. The fourth-order valence-corrected chi connectivity index (χ4v) is 4.15. The molecular formula is C15H29N3. The highest BCUT2D eigenvalue weighted by Gasteiger charge is 2.50. The SMILES string of the molecule is CC1CN(C2(CN)CC(C)N(C3CC3)C2)CC1C. The van der Waals surface area contributed by atoms with Crippen LogP contribution in [0, 0.1) is 11.8 Å². The van der Waals surface area contributed by atoms with Gasteiger partial charge in [0.1, 0.15) is 0 Å². The molecule has 0 amide bonds. The van der Waals surface area contributed by atoms with Gasteiger partial charge in [-0.25, -0.2) is 0 Å². The zero-order valence-electron chi connectivity index (χ0n) is 12.2. The lowest BCUT2D eigenvalue weighted by Crippen LogP contribution is -2.55. The van der Waals surface area contributed by atoms with Gasteiger partial charge >= 0.3 is 0 Å². The number of hydrogen-bond donors (Lipinski definition) is 1. The van der Waals surface area contributed by atoms with Crippen LogP contribution in [0.4, 0.5) is 0 Å². The summed E-state index contributed by atoms with van der Waals surface area (Å²) in [6.45, 7) is 11.7. The Hall–Kier alpha value is -0.120. The van der Waals surface area contributed by atoms with E-state index in [9.17, 15) is 0 Å². The first-order valence-electron chi connectivity index (χ1n) is 7.76. The van der Waals surface area contributed by atoms with Crippen molar-refractivity contribution in [1.82, 2.24) is 9.80 Å². The molecule has 1 aliphatic carbocycles. The number of hydrogen-bond acceptors (Lipinski definition) is 3. The van der Waals surface area contributed by atoms with E-state index in [1.165, 1.54) is 38.9 Å². The summed E-state index contributed by atoms with van der Waals surface area (Å²) in [5, 5.41) is 0. The zero-order chi connectivity index (χ0) is 12.9. The van der Waals surface area contributed by atoms with Crippen LogP contribution in [0.3, 0.4) is 0 Å². The van der Waals surface area contributed by atoms with Crippen LogP contribution in [0.1, 0.15) is 40.0 Å². The molecular weight excluding hydrogens is 222 g/mol. The third kappa shape index (κ3) is 2.00. The van der Waals surface area contributed by atoms with Gasteiger partial charge in [-0.2, -0.15) is 0 Å². The number of rotatable bonds is 3. The smallest absolute Gasteiger partial charge is 0.0473 e. The van der Waals surface area contributed by atoms with Crippen molar-refractivity contribution in [3.05, 3.63) is 0 Å². The van der Waals surface area contributed by atoms with Gasteiger partial charge < -0.3 is 5.73 Å². The summed E-state index contributed by atoms with van der Waals surface area (Å²) in [5.41, 5.74) is 6.49. The van der Waals surface area contributed by atoms with Crippen LogP contribution in [-0.4, -0.2) is 53.6 Å². The molecule has 0 radical (unpaired) electrons. The van der Waals surface area contributed by atoms with E-state index in [0.717, 1.165) is 30.5 Å². The van der Waals surface area contributed by atoms with Crippen molar-refractivity contribution in [2.45, 2.75) is 57.7 Å². The summed E-state index contributed by atoms with van der Waals surface area (Å²) in [4.78, 5) is 5.46. The van der Waals surface area contributed by atoms with Crippen molar-refractivity contribution < 1.29 is 0 Å². The maximum Gasteiger partial charge on any atom is 0.0473 e. The quantitative estimate of drug-likeness (QED) is 0.825. The molecule has 0 aromatic rings. The van der Waals surface area contributed by atoms with Gasteiger partial charge in [-0.1, -0.05) is 13.8 Å². The Morgan fingerprint density at radius 1 is 1.11 bits per heavy atom. The summed E-state index contributed by atoms with van der Waals surface area (Å²) < 4.78 is 0. The average molecular weight is 251 g/mol. The number of likely N-dealkylation sites (tertiary alicyclic amines) is 2. The third-order valence-corrected chi connectivity index (χ3v) is 5.77. The lowest BCUT2D eigenvalue weighted by atomic mass is 9.94. The molecule has 2 heterocycles. The second kappa shape index (κ2) is 4.46. The minimum atomic E-state index is 0.279. The van der Waals surface area contributed by atoms with Crippen LogP contribution in [-0.2, 0) is 0 Å². The Balaban J connectivity index is 1.75. The van der Waals surface area contributed by atoms with E-state index in [0.29, 0.717) is 0 Å². The molecule has 2 aliphatic heterocycles. The second-order valence-corrected chi connectivity index (χ2v) is 7.24.